The van der Waals surface area contributed by atoms with E-state index in [4.69, 9.17) is 4.74 Å². The van der Waals surface area contributed by atoms with Crippen molar-refractivity contribution < 1.29 is 13.2 Å². The van der Waals surface area contributed by atoms with E-state index in [0.717, 1.165) is 22.3 Å². The van der Waals surface area contributed by atoms with Crippen molar-refractivity contribution in [2.24, 2.45) is 0 Å². The minimum atomic E-state index is -3.71. The van der Waals surface area contributed by atoms with Crippen molar-refractivity contribution in [2.45, 2.75) is 39.2 Å². The van der Waals surface area contributed by atoms with Crippen LogP contribution < -0.4 is 9.46 Å². The average molecular weight is 397 g/mol. The summed E-state index contributed by atoms with van der Waals surface area (Å²) in [6, 6.07) is 16.6. The molecule has 0 aliphatic heterocycles. The van der Waals surface area contributed by atoms with Gasteiger partial charge >= 0.3 is 0 Å². The zero-order chi connectivity index (χ0) is 20.3. The van der Waals surface area contributed by atoms with Crippen LogP contribution >= 0.6 is 0 Å². The van der Waals surface area contributed by atoms with Gasteiger partial charge < -0.3 is 4.74 Å². The minimum absolute atomic E-state index is 0.207. The number of nitrogens with zero attached hydrogens (tertiary/aromatic N) is 1. The van der Waals surface area contributed by atoms with Gasteiger partial charge in [-0.15, -0.1) is 0 Å². The van der Waals surface area contributed by atoms with E-state index < -0.39 is 10.0 Å². The van der Waals surface area contributed by atoms with Crippen LogP contribution in [-0.2, 0) is 16.6 Å². The first-order valence-corrected chi connectivity index (χ1v) is 10.5. The number of benzene rings is 2. The van der Waals surface area contributed by atoms with E-state index in [0.29, 0.717) is 23.9 Å². The van der Waals surface area contributed by atoms with Crippen LogP contribution in [-0.4, -0.2) is 13.4 Å². The maximum absolute atomic E-state index is 12.7. The lowest BCUT2D eigenvalue weighted by Crippen LogP contribution is -2.16. The normalized spacial score (nSPS) is 11.3. The molecule has 146 valence electrons. The molecule has 0 fully saturated rings. The van der Waals surface area contributed by atoms with Crippen LogP contribution in [0.1, 0.15) is 27.9 Å². The molecule has 6 heteroatoms. The lowest BCUT2D eigenvalue weighted by molar-refractivity contribution is 0.300. The SMILES string of the molecule is Cc1ccc(S(=O)(=O)Nc2nc(C)c(OCc3ccccc3)c(C)c2C)cc1. The summed E-state index contributed by atoms with van der Waals surface area (Å²) in [7, 11) is -3.71. The van der Waals surface area contributed by atoms with Gasteiger partial charge in [0, 0.05) is 0 Å². The molecule has 0 bridgehead atoms. The number of sulfonamides is 1. The Morgan fingerprint density at radius 2 is 1.54 bits per heavy atom. The number of rotatable bonds is 6. The number of anilines is 1. The Bertz CT molecular complexity index is 1080. The summed E-state index contributed by atoms with van der Waals surface area (Å²) in [4.78, 5) is 4.67. The van der Waals surface area contributed by atoms with Crippen LogP contribution in [0.2, 0.25) is 0 Å². The quantitative estimate of drug-likeness (QED) is 0.656. The molecule has 3 aromatic rings. The Labute approximate surface area is 166 Å². The van der Waals surface area contributed by atoms with Crippen molar-refractivity contribution in [2.75, 3.05) is 4.72 Å². The first-order chi connectivity index (χ1) is 13.3. The van der Waals surface area contributed by atoms with Crippen molar-refractivity contribution in [3.8, 4) is 5.75 Å². The highest BCUT2D eigenvalue weighted by Gasteiger charge is 2.19. The highest BCUT2D eigenvalue weighted by Crippen LogP contribution is 2.30. The predicted molar refractivity (Wildman–Crippen MR) is 111 cm³/mol. The molecule has 0 saturated carbocycles. The topological polar surface area (TPSA) is 68.3 Å². The van der Waals surface area contributed by atoms with Gasteiger partial charge in [-0.2, -0.15) is 0 Å². The van der Waals surface area contributed by atoms with Gasteiger partial charge in [-0.25, -0.2) is 13.4 Å². The number of aryl methyl sites for hydroxylation is 2. The Kier molecular flexibility index (Phi) is 5.70. The molecule has 5 nitrogen and oxygen atoms in total. The van der Waals surface area contributed by atoms with Crippen LogP contribution in [0.5, 0.6) is 5.75 Å². The molecule has 1 N–H and O–H groups in total. The number of nitrogens with one attached hydrogen (secondary N) is 1. The molecule has 0 spiro atoms. The monoisotopic (exact) mass is 396 g/mol. The van der Waals surface area contributed by atoms with Crippen molar-refractivity contribution in [1.82, 2.24) is 4.98 Å². The summed E-state index contributed by atoms with van der Waals surface area (Å²) in [5, 5.41) is 0. The summed E-state index contributed by atoms with van der Waals surface area (Å²) in [6.45, 7) is 7.91. The summed E-state index contributed by atoms with van der Waals surface area (Å²) < 4.78 is 34.0. The fourth-order valence-corrected chi connectivity index (χ4v) is 3.93. The minimum Gasteiger partial charge on any atom is -0.487 e. The maximum atomic E-state index is 12.7. The molecule has 0 radical (unpaired) electrons. The molecule has 0 aliphatic rings. The Morgan fingerprint density at radius 3 is 2.18 bits per heavy atom. The molecule has 0 amide bonds. The van der Waals surface area contributed by atoms with Crippen LogP contribution in [0.15, 0.2) is 59.5 Å². The zero-order valence-electron chi connectivity index (χ0n) is 16.5. The molecule has 1 aromatic heterocycles. The third-order valence-corrected chi connectivity index (χ3v) is 6.01. The van der Waals surface area contributed by atoms with Crippen LogP contribution in [0.25, 0.3) is 0 Å². The second kappa shape index (κ2) is 8.02. The maximum Gasteiger partial charge on any atom is 0.263 e. The second-order valence-electron chi connectivity index (χ2n) is 6.82. The van der Waals surface area contributed by atoms with Gasteiger partial charge in [0.05, 0.1) is 10.6 Å². The van der Waals surface area contributed by atoms with Crippen molar-refractivity contribution >= 4 is 15.8 Å². The molecule has 0 unspecified atom stereocenters. The van der Waals surface area contributed by atoms with Gasteiger partial charge in [0.2, 0.25) is 0 Å². The number of pyridine rings is 1. The third kappa shape index (κ3) is 4.34. The molecule has 0 saturated heterocycles. The molecule has 3 rings (SSSR count). The van der Waals surface area contributed by atoms with E-state index in [-0.39, 0.29) is 4.90 Å². The largest absolute Gasteiger partial charge is 0.487 e. The average Bonchev–Trinajstić information content (AvgIpc) is 2.67. The standard InChI is InChI=1S/C22H24N2O3S/c1-15-10-12-20(13-11-15)28(25,26)24-22-17(3)16(2)21(18(4)23-22)27-14-19-8-6-5-7-9-19/h5-13H,14H2,1-4H3,(H,23,24). The molecule has 0 aliphatic carbocycles. The van der Waals surface area contributed by atoms with E-state index in [2.05, 4.69) is 9.71 Å². The number of hydrogen-bond acceptors (Lipinski definition) is 4. The highest BCUT2D eigenvalue weighted by atomic mass is 32.2. The van der Waals surface area contributed by atoms with Gasteiger partial charge in [-0.1, -0.05) is 48.0 Å². The van der Waals surface area contributed by atoms with Crippen LogP contribution in [0, 0.1) is 27.7 Å². The molecule has 1 heterocycles. The van der Waals surface area contributed by atoms with E-state index in [1.807, 2.05) is 58.0 Å². The Balaban J connectivity index is 1.86. The van der Waals surface area contributed by atoms with Crippen LogP contribution in [0.3, 0.4) is 0 Å². The fourth-order valence-electron chi connectivity index (χ4n) is 2.87. The van der Waals surface area contributed by atoms with Crippen molar-refractivity contribution in [3.63, 3.8) is 0 Å². The fraction of sp³-hybridized carbons (Fsp3) is 0.227. The molecule has 2 aromatic carbocycles. The highest BCUT2D eigenvalue weighted by molar-refractivity contribution is 7.92. The lowest BCUT2D eigenvalue weighted by Gasteiger charge is -2.17. The second-order valence-corrected chi connectivity index (χ2v) is 8.50. The summed E-state index contributed by atoms with van der Waals surface area (Å²) in [5.41, 5.74) is 4.30. The first-order valence-electron chi connectivity index (χ1n) is 9.02. The summed E-state index contributed by atoms with van der Waals surface area (Å²) >= 11 is 0. The van der Waals surface area contributed by atoms with Gasteiger partial charge in [-0.3, -0.25) is 4.72 Å². The Hall–Kier alpha value is -2.86. The van der Waals surface area contributed by atoms with Crippen molar-refractivity contribution in [3.05, 3.63) is 82.5 Å². The zero-order valence-corrected chi connectivity index (χ0v) is 17.3. The van der Waals surface area contributed by atoms with Crippen LogP contribution in [0.4, 0.5) is 5.82 Å². The Morgan fingerprint density at radius 1 is 0.893 bits per heavy atom. The lowest BCUT2D eigenvalue weighted by atomic mass is 10.1. The smallest absolute Gasteiger partial charge is 0.263 e. The van der Waals surface area contributed by atoms with E-state index in [9.17, 15) is 8.42 Å². The van der Waals surface area contributed by atoms with Gasteiger partial charge in [0.25, 0.3) is 10.0 Å². The predicted octanol–water partition coefficient (Wildman–Crippen LogP) is 4.70. The van der Waals surface area contributed by atoms with Crippen molar-refractivity contribution in [1.29, 1.82) is 0 Å². The first kappa shape index (κ1) is 19.9. The van der Waals surface area contributed by atoms with Gasteiger partial charge in [0.1, 0.15) is 18.2 Å². The van der Waals surface area contributed by atoms with E-state index >= 15 is 0 Å². The van der Waals surface area contributed by atoms with E-state index in [1.165, 1.54) is 0 Å². The summed E-state index contributed by atoms with van der Waals surface area (Å²) in [6.07, 6.45) is 0. The number of aromatic nitrogens is 1. The molecular formula is C22H24N2O3S. The van der Waals surface area contributed by atoms with Gasteiger partial charge in [0.15, 0.2) is 0 Å². The number of hydrogen-bond donors (Lipinski definition) is 1. The molecular weight excluding hydrogens is 372 g/mol. The van der Waals surface area contributed by atoms with E-state index in [1.54, 1.807) is 24.3 Å². The summed E-state index contributed by atoms with van der Waals surface area (Å²) in [5.74, 6) is 1.00. The molecule has 28 heavy (non-hydrogen) atoms. The van der Waals surface area contributed by atoms with Gasteiger partial charge in [-0.05, 0) is 56.5 Å². The molecule has 0 atom stereocenters. The third-order valence-electron chi connectivity index (χ3n) is 4.65. The number of ether oxygens (including phenoxy) is 1.